The van der Waals surface area contributed by atoms with Gasteiger partial charge in [0.05, 0.1) is 5.56 Å². The molecule has 0 spiro atoms. The largest absolute Gasteiger partial charge is 0.460 e. The minimum absolute atomic E-state index is 0.181. The van der Waals surface area contributed by atoms with Gasteiger partial charge in [-0.25, -0.2) is 9.59 Å². The number of rotatable bonds is 3. The van der Waals surface area contributed by atoms with Crippen LogP contribution in [-0.2, 0) is 14.3 Å². The van der Waals surface area contributed by atoms with E-state index in [1.165, 1.54) is 0 Å². The Morgan fingerprint density at radius 2 is 2.10 bits per heavy atom. The molecule has 2 aliphatic rings. The van der Waals surface area contributed by atoms with Crippen molar-refractivity contribution in [3.8, 4) is 0 Å². The van der Waals surface area contributed by atoms with Gasteiger partial charge in [0, 0.05) is 23.9 Å². The van der Waals surface area contributed by atoms with Crippen LogP contribution >= 0.6 is 0 Å². The van der Waals surface area contributed by atoms with E-state index in [1.54, 1.807) is 6.92 Å². The van der Waals surface area contributed by atoms with E-state index in [0.717, 1.165) is 24.2 Å². The molecule has 2 atom stereocenters. The monoisotopic (exact) mass is 277 g/mol. The number of carbonyl (C=O) groups excluding carboxylic acids is 2. The van der Waals surface area contributed by atoms with Crippen molar-refractivity contribution in [3.05, 3.63) is 23.0 Å². The highest BCUT2D eigenvalue weighted by atomic mass is 16.6. The van der Waals surface area contributed by atoms with Crippen LogP contribution in [0.2, 0.25) is 0 Å². The van der Waals surface area contributed by atoms with Crippen molar-refractivity contribution in [2.75, 3.05) is 0 Å². The lowest BCUT2D eigenvalue weighted by atomic mass is 10.2. The molecule has 5 nitrogen and oxygen atoms in total. The smallest absolute Gasteiger partial charge is 0.347 e. The lowest BCUT2D eigenvalue weighted by molar-refractivity contribution is -0.147. The summed E-state index contributed by atoms with van der Waals surface area (Å²) >= 11 is 0. The number of nitrogens with zero attached hydrogens (tertiary/aromatic N) is 1. The van der Waals surface area contributed by atoms with E-state index in [0.29, 0.717) is 18.0 Å². The summed E-state index contributed by atoms with van der Waals surface area (Å²) in [5.74, 6) is -0.872. The lowest BCUT2D eigenvalue weighted by Gasteiger charge is -2.09. The van der Waals surface area contributed by atoms with Crippen molar-refractivity contribution in [3.63, 3.8) is 0 Å². The van der Waals surface area contributed by atoms with Crippen LogP contribution in [0.25, 0.3) is 0 Å². The van der Waals surface area contributed by atoms with Crippen LogP contribution in [0, 0.1) is 13.8 Å². The molecule has 0 N–H and O–H groups in total. The lowest BCUT2D eigenvalue weighted by Crippen LogP contribution is -2.23. The number of hydrogen-bond acceptors (Lipinski definition) is 4. The number of aryl methyl sites for hydroxylation is 1. The van der Waals surface area contributed by atoms with Crippen LogP contribution < -0.4 is 0 Å². The Labute approximate surface area is 117 Å². The molecule has 2 heterocycles. The third-order valence-electron chi connectivity index (χ3n) is 3.99. The highest BCUT2D eigenvalue weighted by Crippen LogP contribution is 2.38. The minimum Gasteiger partial charge on any atom is -0.460 e. The summed E-state index contributed by atoms with van der Waals surface area (Å²) in [6.45, 7) is 5.72. The second-order valence-electron chi connectivity index (χ2n) is 5.76. The first kappa shape index (κ1) is 13.2. The molecule has 20 heavy (non-hydrogen) atoms. The predicted molar refractivity (Wildman–Crippen MR) is 71.6 cm³/mol. The second-order valence-corrected chi connectivity index (χ2v) is 5.76. The molecule has 1 aliphatic heterocycles. The molecule has 1 aromatic heterocycles. The number of hydrogen-bond donors (Lipinski definition) is 0. The van der Waals surface area contributed by atoms with Gasteiger partial charge in [0.25, 0.3) is 0 Å². The molecule has 3 rings (SSSR count). The van der Waals surface area contributed by atoms with Crippen LogP contribution in [0.3, 0.4) is 0 Å². The van der Waals surface area contributed by atoms with Gasteiger partial charge in [0.1, 0.15) is 6.10 Å². The molecule has 0 unspecified atom stereocenters. The van der Waals surface area contributed by atoms with Gasteiger partial charge in [-0.3, -0.25) is 0 Å². The van der Waals surface area contributed by atoms with Crippen LogP contribution in [0.15, 0.2) is 6.07 Å². The average Bonchev–Trinajstić information content (AvgIpc) is 3.08. The van der Waals surface area contributed by atoms with Crippen LogP contribution in [-0.4, -0.2) is 28.7 Å². The Hall–Kier alpha value is -1.78. The van der Waals surface area contributed by atoms with Crippen molar-refractivity contribution in [1.82, 2.24) is 4.57 Å². The molecule has 1 saturated heterocycles. The summed E-state index contributed by atoms with van der Waals surface area (Å²) in [6, 6.07) is 2.37. The van der Waals surface area contributed by atoms with Gasteiger partial charge in [-0.05, 0) is 39.7 Å². The van der Waals surface area contributed by atoms with Crippen LogP contribution in [0.1, 0.15) is 54.0 Å². The molecule has 0 amide bonds. The summed E-state index contributed by atoms with van der Waals surface area (Å²) in [7, 11) is 0. The molecular formula is C15H19NO4. The van der Waals surface area contributed by atoms with E-state index in [4.69, 9.17) is 9.47 Å². The topological polar surface area (TPSA) is 57.5 Å². The van der Waals surface area contributed by atoms with Crippen molar-refractivity contribution in [2.45, 2.75) is 58.3 Å². The molecule has 1 aromatic rings. The summed E-state index contributed by atoms with van der Waals surface area (Å²) in [5, 5.41) is 0. The highest BCUT2D eigenvalue weighted by molar-refractivity contribution is 5.93. The third-order valence-corrected chi connectivity index (χ3v) is 3.99. The molecule has 1 saturated carbocycles. The Morgan fingerprint density at radius 1 is 1.40 bits per heavy atom. The molecule has 5 heteroatoms. The standard InChI is InChI=1S/C15H19NO4/c1-8-6-12(10(3)16(8)11-4-5-11)14(17)20-13-7-9(2)19-15(13)18/h6,9,11,13H,4-5,7H2,1-3H3/t9-,13+/m1/s1. The van der Waals surface area contributed by atoms with Gasteiger partial charge in [-0.15, -0.1) is 0 Å². The molecular weight excluding hydrogens is 258 g/mol. The molecule has 0 aromatic carbocycles. The zero-order chi connectivity index (χ0) is 14.4. The van der Waals surface area contributed by atoms with Gasteiger partial charge in [0.2, 0.25) is 6.10 Å². The number of ether oxygens (including phenoxy) is 2. The highest BCUT2D eigenvalue weighted by Gasteiger charge is 2.36. The molecule has 108 valence electrons. The van der Waals surface area contributed by atoms with E-state index in [-0.39, 0.29) is 6.10 Å². The van der Waals surface area contributed by atoms with Crippen molar-refractivity contribution < 1.29 is 19.1 Å². The number of carbonyl (C=O) groups is 2. The number of cyclic esters (lactones) is 1. The fraction of sp³-hybridized carbons (Fsp3) is 0.600. The summed E-state index contributed by atoms with van der Waals surface area (Å²) < 4.78 is 12.5. The average molecular weight is 277 g/mol. The Morgan fingerprint density at radius 3 is 2.65 bits per heavy atom. The zero-order valence-corrected chi connectivity index (χ0v) is 12.0. The first-order chi connectivity index (χ1) is 9.47. The number of esters is 2. The van der Waals surface area contributed by atoms with Crippen LogP contribution in [0.4, 0.5) is 0 Å². The molecule has 0 bridgehead atoms. The molecule has 0 radical (unpaired) electrons. The van der Waals surface area contributed by atoms with Gasteiger partial charge >= 0.3 is 11.9 Å². The van der Waals surface area contributed by atoms with E-state index < -0.39 is 18.0 Å². The van der Waals surface area contributed by atoms with Gasteiger partial charge in [0.15, 0.2) is 0 Å². The third kappa shape index (κ3) is 2.21. The Bertz CT molecular complexity index is 571. The predicted octanol–water partition coefficient (Wildman–Crippen LogP) is 2.30. The Balaban J connectivity index is 1.77. The van der Waals surface area contributed by atoms with E-state index >= 15 is 0 Å². The second kappa shape index (κ2) is 4.65. The minimum atomic E-state index is -0.763. The Kier molecular flexibility index (Phi) is 3.07. The van der Waals surface area contributed by atoms with Crippen molar-refractivity contribution in [1.29, 1.82) is 0 Å². The van der Waals surface area contributed by atoms with Crippen molar-refractivity contribution >= 4 is 11.9 Å². The normalized spacial score (nSPS) is 25.6. The first-order valence-electron chi connectivity index (χ1n) is 7.07. The summed E-state index contributed by atoms with van der Waals surface area (Å²) in [4.78, 5) is 23.8. The molecule has 1 aliphatic carbocycles. The van der Waals surface area contributed by atoms with E-state index in [2.05, 4.69) is 4.57 Å². The fourth-order valence-electron chi connectivity index (χ4n) is 2.89. The van der Waals surface area contributed by atoms with Crippen LogP contribution in [0.5, 0.6) is 0 Å². The quantitative estimate of drug-likeness (QED) is 0.795. The van der Waals surface area contributed by atoms with E-state index in [9.17, 15) is 9.59 Å². The van der Waals surface area contributed by atoms with Crippen molar-refractivity contribution in [2.24, 2.45) is 0 Å². The maximum atomic E-state index is 12.2. The van der Waals surface area contributed by atoms with Gasteiger partial charge < -0.3 is 14.0 Å². The fourth-order valence-corrected chi connectivity index (χ4v) is 2.89. The maximum absolute atomic E-state index is 12.2. The summed E-state index contributed by atoms with van der Waals surface area (Å²) in [5.41, 5.74) is 2.55. The van der Waals surface area contributed by atoms with Gasteiger partial charge in [-0.1, -0.05) is 0 Å². The first-order valence-corrected chi connectivity index (χ1v) is 7.07. The van der Waals surface area contributed by atoms with Gasteiger partial charge in [-0.2, -0.15) is 0 Å². The summed E-state index contributed by atoms with van der Waals surface area (Å²) in [6.07, 6.45) is 1.82. The molecule has 2 fully saturated rings. The zero-order valence-electron chi connectivity index (χ0n) is 12.0. The van der Waals surface area contributed by atoms with E-state index in [1.807, 2.05) is 19.9 Å². The SMILES string of the molecule is Cc1cc(C(=O)O[C@H]2C[C@@H](C)OC2=O)c(C)n1C1CC1. The maximum Gasteiger partial charge on any atom is 0.347 e. The number of aromatic nitrogens is 1.